The van der Waals surface area contributed by atoms with E-state index in [1.54, 1.807) is 35.8 Å². The molecule has 0 unspecified atom stereocenters. The summed E-state index contributed by atoms with van der Waals surface area (Å²) in [6.45, 7) is 6.66. The Kier molecular flexibility index (Phi) is 8.43. The molecule has 12 nitrogen and oxygen atoms in total. The zero-order chi connectivity index (χ0) is 28.1. The first-order chi connectivity index (χ1) is 18.7. The maximum atomic E-state index is 13.2. The lowest BCUT2D eigenvalue weighted by molar-refractivity contribution is -0.152. The van der Waals surface area contributed by atoms with Crippen molar-refractivity contribution in [3.05, 3.63) is 53.0 Å². The van der Waals surface area contributed by atoms with Crippen LogP contribution in [0.25, 0.3) is 5.52 Å². The number of aromatic nitrogens is 3. The molecule has 0 saturated heterocycles. The molecule has 0 bridgehead atoms. The number of nitrogens with zero attached hydrogens (tertiary/aromatic N) is 4. The average molecular weight is 537 g/mol. The topological polar surface area (TPSA) is 144 Å². The van der Waals surface area contributed by atoms with Crippen LogP contribution in [0, 0.1) is 13.8 Å². The standard InChI is InChI=1S/C27H32N6O6/c1-5-7-22(34)38-15-39-27(37)32(6-2)26(36)18-9-8-16(3)21(12-18)31-24-23-17(4)20(13-33(23)29-14-28-24)25(35)30-19-10-11-19/h8-9,12-14,19H,5-7,10-11,15H2,1-4H3,(H,30,35)(H,28,29,31). The zero-order valence-electron chi connectivity index (χ0n) is 22.4. The van der Waals surface area contributed by atoms with Gasteiger partial charge in [-0.3, -0.25) is 14.4 Å². The Balaban J connectivity index is 1.53. The third-order valence-corrected chi connectivity index (χ3v) is 6.36. The summed E-state index contributed by atoms with van der Waals surface area (Å²) in [5.74, 6) is -0.749. The molecule has 1 aliphatic carbocycles. The maximum Gasteiger partial charge on any atom is 0.419 e. The molecule has 2 aromatic heterocycles. The summed E-state index contributed by atoms with van der Waals surface area (Å²) in [5, 5.41) is 10.5. The second kappa shape index (κ2) is 11.9. The van der Waals surface area contributed by atoms with Crippen molar-refractivity contribution in [3.8, 4) is 0 Å². The summed E-state index contributed by atoms with van der Waals surface area (Å²) in [6.07, 6.45) is 4.93. The third-order valence-electron chi connectivity index (χ3n) is 6.36. The van der Waals surface area contributed by atoms with Gasteiger partial charge in [0.05, 0.1) is 5.56 Å². The molecule has 0 radical (unpaired) electrons. The van der Waals surface area contributed by atoms with Crippen LogP contribution in [0.1, 0.15) is 71.4 Å². The van der Waals surface area contributed by atoms with E-state index in [-0.39, 0.29) is 30.5 Å². The molecule has 12 heteroatoms. The van der Waals surface area contributed by atoms with Crippen LogP contribution in [-0.2, 0) is 14.3 Å². The van der Waals surface area contributed by atoms with Crippen molar-refractivity contribution in [2.24, 2.45) is 0 Å². The van der Waals surface area contributed by atoms with Crippen molar-refractivity contribution in [1.82, 2.24) is 24.8 Å². The number of carbonyl (C=O) groups is 4. The van der Waals surface area contributed by atoms with Gasteiger partial charge < -0.3 is 20.1 Å². The Morgan fingerprint density at radius 2 is 1.90 bits per heavy atom. The first-order valence-corrected chi connectivity index (χ1v) is 12.9. The highest BCUT2D eigenvalue weighted by Crippen LogP contribution is 2.28. The highest BCUT2D eigenvalue weighted by Gasteiger charge is 2.27. The number of hydrogen-bond donors (Lipinski definition) is 2. The fraction of sp³-hybridized carbons (Fsp3) is 0.407. The van der Waals surface area contributed by atoms with Crippen LogP contribution < -0.4 is 10.6 Å². The minimum Gasteiger partial charge on any atom is -0.428 e. The van der Waals surface area contributed by atoms with Crippen molar-refractivity contribution in [3.63, 3.8) is 0 Å². The lowest BCUT2D eigenvalue weighted by atomic mass is 10.1. The minimum atomic E-state index is -0.916. The van der Waals surface area contributed by atoms with Crippen LogP contribution in [0.2, 0.25) is 0 Å². The molecular formula is C27H32N6O6. The third kappa shape index (κ3) is 6.33. The normalized spacial score (nSPS) is 12.6. The van der Waals surface area contributed by atoms with E-state index in [4.69, 9.17) is 9.47 Å². The number of carbonyl (C=O) groups excluding carboxylic acids is 4. The van der Waals surface area contributed by atoms with Gasteiger partial charge in [0.15, 0.2) is 5.82 Å². The van der Waals surface area contributed by atoms with Crippen molar-refractivity contribution < 1.29 is 28.7 Å². The molecule has 4 rings (SSSR count). The van der Waals surface area contributed by atoms with E-state index in [0.717, 1.165) is 28.9 Å². The number of rotatable bonds is 10. The van der Waals surface area contributed by atoms with Gasteiger partial charge in [-0.15, -0.1) is 0 Å². The summed E-state index contributed by atoms with van der Waals surface area (Å²) >= 11 is 0. The highest BCUT2D eigenvalue weighted by molar-refractivity contribution is 6.04. The predicted octanol–water partition coefficient (Wildman–Crippen LogP) is 3.88. The molecule has 39 heavy (non-hydrogen) atoms. The summed E-state index contributed by atoms with van der Waals surface area (Å²) in [5.41, 5.74) is 3.53. The highest BCUT2D eigenvalue weighted by atomic mass is 16.7. The van der Waals surface area contributed by atoms with Gasteiger partial charge in [-0.2, -0.15) is 5.10 Å². The van der Waals surface area contributed by atoms with Crippen molar-refractivity contribution >= 4 is 40.9 Å². The quantitative estimate of drug-likeness (QED) is 0.291. The number of amides is 3. The fourth-order valence-electron chi connectivity index (χ4n) is 4.00. The number of imide groups is 1. The molecule has 2 heterocycles. The molecule has 0 atom stereocenters. The number of aryl methyl sites for hydroxylation is 2. The Hall–Kier alpha value is -4.48. The number of anilines is 2. The van der Waals surface area contributed by atoms with Crippen molar-refractivity contribution in [2.45, 2.75) is 59.4 Å². The van der Waals surface area contributed by atoms with Crippen molar-refractivity contribution in [1.29, 1.82) is 0 Å². The van der Waals surface area contributed by atoms with E-state index in [2.05, 4.69) is 20.7 Å². The molecule has 1 fully saturated rings. The average Bonchev–Trinajstić information content (AvgIpc) is 3.65. The Morgan fingerprint density at radius 3 is 2.59 bits per heavy atom. The zero-order valence-corrected chi connectivity index (χ0v) is 22.4. The van der Waals surface area contributed by atoms with Gasteiger partial charge in [0.2, 0.25) is 6.79 Å². The molecule has 0 aliphatic heterocycles. The summed E-state index contributed by atoms with van der Waals surface area (Å²) in [4.78, 5) is 55.2. The number of hydrogen-bond acceptors (Lipinski definition) is 9. The molecule has 1 aliphatic rings. The second-order valence-electron chi connectivity index (χ2n) is 9.32. The van der Waals surface area contributed by atoms with Crippen LogP contribution in [0.5, 0.6) is 0 Å². The molecular weight excluding hydrogens is 504 g/mol. The van der Waals surface area contributed by atoms with Gasteiger partial charge in [-0.1, -0.05) is 13.0 Å². The van der Waals surface area contributed by atoms with Gasteiger partial charge >= 0.3 is 12.1 Å². The minimum absolute atomic E-state index is 0.0544. The first-order valence-electron chi connectivity index (χ1n) is 12.9. The van der Waals surface area contributed by atoms with Gasteiger partial charge in [0.25, 0.3) is 11.8 Å². The summed E-state index contributed by atoms with van der Waals surface area (Å²) in [7, 11) is 0. The van der Waals surface area contributed by atoms with E-state index in [9.17, 15) is 19.2 Å². The lowest BCUT2D eigenvalue weighted by Crippen LogP contribution is -2.37. The van der Waals surface area contributed by atoms with E-state index in [1.807, 2.05) is 20.8 Å². The van der Waals surface area contributed by atoms with E-state index in [1.165, 1.54) is 6.33 Å². The SMILES string of the molecule is CCCC(=O)OCOC(=O)N(CC)C(=O)c1ccc(C)c(Nc2ncnn3cc(C(=O)NC4CC4)c(C)c23)c1. The molecule has 2 N–H and O–H groups in total. The number of fused-ring (bicyclic) bond motifs is 1. The predicted molar refractivity (Wildman–Crippen MR) is 142 cm³/mol. The monoisotopic (exact) mass is 536 g/mol. The summed E-state index contributed by atoms with van der Waals surface area (Å²) < 4.78 is 11.4. The largest absolute Gasteiger partial charge is 0.428 e. The Morgan fingerprint density at radius 1 is 1.13 bits per heavy atom. The lowest BCUT2D eigenvalue weighted by Gasteiger charge is -2.19. The second-order valence-corrected chi connectivity index (χ2v) is 9.32. The van der Waals surface area contributed by atoms with E-state index in [0.29, 0.717) is 29.0 Å². The van der Waals surface area contributed by atoms with Gasteiger partial charge in [-0.25, -0.2) is 19.2 Å². The maximum absolute atomic E-state index is 13.2. The van der Waals surface area contributed by atoms with Gasteiger partial charge in [0.1, 0.15) is 11.8 Å². The van der Waals surface area contributed by atoms with Crippen LogP contribution >= 0.6 is 0 Å². The Bertz CT molecular complexity index is 1410. The van der Waals surface area contributed by atoms with Gasteiger partial charge in [-0.05, 0) is 63.3 Å². The number of esters is 1. The van der Waals surface area contributed by atoms with E-state index < -0.39 is 24.8 Å². The van der Waals surface area contributed by atoms with Crippen molar-refractivity contribution in [2.75, 3.05) is 18.7 Å². The van der Waals surface area contributed by atoms with Gasteiger partial charge in [0, 0.05) is 36.5 Å². The number of ether oxygens (including phenoxy) is 2. The van der Waals surface area contributed by atoms with Crippen LogP contribution in [0.15, 0.2) is 30.7 Å². The Labute approximate surface area is 225 Å². The van der Waals surface area contributed by atoms with E-state index >= 15 is 0 Å². The molecule has 0 spiro atoms. The molecule has 206 valence electrons. The number of nitrogens with one attached hydrogen (secondary N) is 2. The number of benzene rings is 1. The molecule has 3 amide bonds. The van der Waals surface area contributed by atoms with Crippen LogP contribution in [0.3, 0.4) is 0 Å². The van der Waals surface area contributed by atoms with Crippen LogP contribution in [0.4, 0.5) is 16.3 Å². The first kappa shape index (κ1) is 27.6. The molecule has 1 saturated carbocycles. The fourth-order valence-corrected chi connectivity index (χ4v) is 4.00. The summed E-state index contributed by atoms with van der Waals surface area (Å²) in [6, 6.07) is 5.20. The molecule has 1 aromatic carbocycles. The molecule has 3 aromatic rings. The van der Waals surface area contributed by atoms with Crippen LogP contribution in [-0.4, -0.2) is 62.8 Å². The smallest absolute Gasteiger partial charge is 0.419 e.